The minimum atomic E-state index is -3.18. The van der Waals surface area contributed by atoms with Gasteiger partial charge in [0.15, 0.2) is 4.77 Å². The molecule has 27 heavy (non-hydrogen) atoms. The van der Waals surface area contributed by atoms with Gasteiger partial charge in [-0.2, -0.15) is 5.10 Å². The zero-order chi connectivity index (χ0) is 19.4. The van der Waals surface area contributed by atoms with E-state index < -0.39 is 10.0 Å². The average Bonchev–Trinajstić information content (AvgIpc) is 3.07. The number of sulfonamides is 1. The Morgan fingerprint density at radius 2 is 2.07 bits per heavy atom. The summed E-state index contributed by atoms with van der Waals surface area (Å²) in [7, 11) is -1.53. The third kappa shape index (κ3) is 4.59. The van der Waals surface area contributed by atoms with Gasteiger partial charge in [-0.05, 0) is 56.1 Å². The fourth-order valence-electron chi connectivity index (χ4n) is 3.48. The summed E-state index contributed by atoms with van der Waals surface area (Å²) in [5.74, 6) is 1.87. The van der Waals surface area contributed by atoms with Gasteiger partial charge in [-0.25, -0.2) is 12.7 Å². The molecule has 0 saturated carbocycles. The third-order valence-electron chi connectivity index (χ3n) is 5.08. The van der Waals surface area contributed by atoms with Crippen molar-refractivity contribution in [2.45, 2.75) is 38.6 Å². The van der Waals surface area contributed by atoms with E-state index in [0.717, 1.165) is 30.8 Å². The number of H-pyrrole nitrogens is 1. The fraction of sp³-hybridized carbons (Fsp3) is 0.556. The van der Waals surface area contributed by atoms with E-state index in [1.165, 1.54) is 5.56 Å². The highest BCUT2D eigenvalue weighted by Gasteiger charge is 2.31. The Morgan fingerprint density at radius 1 is 1.33 bits per heavy atom. The molecule has 0 radical (unpaired) electrons. The average molecular weight is 411 g/mol. The molecule has 0 spiro atoms. The number of aromatic nitrogens is 3. The summed E-state index contributed by atoms with van der Waals surface area (Å²) in [5.41, 5.74) is 1.18. The van der Waals surface area contributed by atoms with Crippen LogP contribution in [0.2, 0.25) is 0 Å². The molecule has 1 saturated heterocycles. The number of hydrogen-bond donors (Lipinski definition) is 1. The Hall–Kier alpha value is -1.71. The van der Waals surface area contributed by atoms with Crippen LogP contribution in [0.3, 0.4) is 0 Å². The molecule has 0 aliphatic carbocycles. The number of hydrogen-bond acceptors (Lipinski definition) is 5. The summed E-state index contributed by atoms with van der Waals surface area (Å²) in [4.78, 5) is 0. The molecule has 3 rings (SSSR count). The lowest BCUT2D eigenvalue weighted by Gasteiger charge is -2.31. The SMILES string of the molecule is CCS(=O)(=O)N1CCCC(c2n[nH]c(=S)n2CCc2ccc(OC)cc2)C1. The zero-order valence-electron chi connectivity index (χ0n) is 15.7. The van der Waals surface area contributed by atoms with Crippen LogP contribution in [0, 0.1) is 4.77 Å². The highest BCUT2D eigenvalue weighted by molar-refractivity contribution is 7.89. The van der Waals surface area contributed by atoms with Crippen LogP contribution in [-0.2, 0) is 23.0 Å². The van der Waals surface area contributed by atoms with Crippen molar-refractivity contribution in [3.8, 4) is 5.75 Å². The summed E-state index contributed by atoms with van der Waals surface area (Å²) in [5, 5.41) is 7.31. The summed E-state index contributed by atoms with van der Waals surface area (Å²) < 4.78 is 33.9. The van der Waals surface area contributed by atoms with Crippen molar-refractivity contribution in [1.29, 1.82) is 0 Å². The van der Waals surface area contributed by atoms with E-state index >= 15 is 0 Å². The second kappa shape index (κ2) is 8.53. The van der Waals surface area contributed by atoms with E-state index in [-0.39, 0.29) is 11.7 Å². The van der Waals surface area contributed by atoms with Crippen LogP contribution in [-0.4, -0.2) is 53.4 Å². The Bertz CT molecular complexity index is 919. The number of methoxy groups -OCH3 is 1. The van der Waals surface area contributed by atoms with E-state index in [0.29, 0.717) is 24.4 Å². The van der Waals surface area contributed by atoms with Gasteiger partial charge in [0.05, 0.1) is 12.9 Å². The Labute approximate surface area is 165 Å². The van der Waals surface area contributed by atoms with Gasteiger partial charge in [-0.3, -0.25) is 5.10 Å². The normalized spacial score (nSPS) is 18.5. The van der Waals surface area contributed by atoms with Gasteiger partial charge in [-0.1, -0.05) is 12.1 Å². The molecule has 1 unspecified atom stereocenters. The molecule has 1 fully saturated rings. The maximum Gasteiger partial charge on any atom is 0.213 e. The van der Waals surface area contributed by atoms with Gasteiger partial charge < -0.3 is 9.30 Å². The van der Waals surface area contributed by atoms with Gasteiger partial charge in [0.25, 0.3) is 0 Å². The lowest BCUT2D eigenvalue weighted by atomic mass is 9.98. The number of ether oxygens (including phenoxy) is 1. The second-order valence-electron chi connectivity index (χ2n) is 6.73. The quantitative estimate of drug-likeness (QED) is 0.710. The van der Waals surface area contributed by atoms with Crippen LogP contribution in [0.1, 0.15) is 37.1 Å². The number of aryl methyl sites for hydroxylation is 1. The first-order valence-corrected chi connectivity index (χ1v) is 11.2. The van der Waals surface area contributed by atoms with Crippen molar-refractivity contribution < 1.29 is 13.2 Å². The molecule has 7 nitrogen and oxygen atoms in total. The van der Waals surface area contributed by atoms with E-state index in [1.54, 1.807) is 18.3 Å². The van der Waals surface area contributed by atoms with Gasteiger partial charge >= 0.3 is 0 Å². The molecule has 1 aromatic heterocycles. The minimum absolute atomic E-state index is 0.0592. The number of benzene rings is 1. The van der Waals surface area contributed by atoms with Gasteiger partial charge in [0.2, 0.25) is 10.0 Å². The van der Waals surface area contributed by atoms with Crippen LogP contribution in [0.25, 0.3) is 0 Å². The third-order valence-corrected chi connectivity index (χ3v) is 7.24. The van der Waals surface area contributed by atoms with Crippen LogP contribution in [0.15, 0.2) is 24.3 Å². The summed E-state index contributed by atoms with van der Waals surface area (Å²) >= 11 is 5.42. The lowest BCUT2D eigenvalue weighted by molar-refractivity contribution is 0.304. The molecule has 1 N–H and O–H groups in total. The number of piperidine rings is 1. The first kappa shape index (κ1) is 20.0. The zero-order valence-corrected chi connectivity index (χ0v) is 17.4. The predicted molar refractivity (Wildman–Crippen MR) is 107 cm³/mol. The van der Waals surface area contributed by atoms with Crippen molar-refractivity contribution >= 4 is 22.2 Å². The Balaban J connectivity index is 1.74. The highest BCUT2D eigenvalue weighted by Crippen LogP contribution is 2.27. The topological polar surface area (TPSA) is 80.2 Å². The van der Waals surface area contributed by atoms with Crippen LogP contribution < -0.4 is 4.74 Å². The first-order valence-electron chi connectivity index (χ1n) is 9.20. The van der Waals surface area contributed by atoms with E-state index in [2.05, 4.69) is 10.2 Å². The number of aromatic amines is 1. The predicted octanol–water partition coefficient (Wildman–Crippen LogP) is 2.72. The van der Waals surface area contributed by atoms with Crippen molar-refractivity contribution in [2.75, 3.05) is 26.0 Å². The lowest BCUT2D eigenvalue weighted by Crippen LogP contribution is -2.40. The van der Waals surface area contributed by atoms with Gasteiger partial charge in [0, 0.05) is 25.6 Å². The van der Waals surface area contributed by atoms with Crippen molar-refractivity contribution in [1.82, 2.24) is 19.1 Å². The number of rotatable bonds is 7. The molecule has 1 aromatic carbocycles. The number of nitrogens with zero attached hydrogens (tertiary/aromatic N) is 3. The molecular weight excluding hydrogens is 384 g/mol. The first-order chi connectivity index (χ1) is 12.9. The van der Waals surface area contributed by atoms with Crippen molar-refractivity contribution in [3.63, 3.8) is 0 Å². The molecule has 1 atom stereocenters. The molecule has 9 heteroatoms. The fourth-order valence-corrected chi connectivity index (χ4v) is 4.89. The molecule has 0 bridgehead atoms. The highest BCUT2D eigenvalue weighted by atomic mass is 32.2. The molecule has 0 amide bonds. The van der Waals surface area contributed by atoms with Crippen molar-refractivity contribution in [3.05, 3.63) is 40.4 Å². The maximum absolute atomic E-state index is 12.2. The summed E-state index contributed by atoms with van der Waals surface area (Å²) in [6.07, 6.45) is 2.56. The monoisotopic (exact) mass is 410 g/mol. The molecular formula is C18H26N4O3S2. The van der Waals surface area contributed by atoms with Crippen molar-refractivity contribution in [2.24, 2.45) is 0 Å². The minimum Gasteiger partial charge on any atom is -0.497 e. The van der Waals surface area contributed by atoms with E-state index in [1.807, 2.05) is 28.8 Å². The van der Waals surface area contributed by atoms with Crippen LogP contribution >= 0.6 is 12.2 Å². The molecule has 1 aliphatic rings. The van der Waals surface area contributed by atoms with E-state index in [4.69, 9.17) is 17.0 Å². The van der Waals surface area contributed by atoms with E-state index in [9.17, 15) is 8.42 Å². The Morgan fingerprint density at radius 3 is 2.74 bits per heavy atom. The summed E-state index contributed by atoms with van der Waals surface area (Å²) in [6, 6.07) is 7.97. The molecule has 1 aliphatic heterocycles. The number of nitrogens with one attached hydrogen (secondary N) is 1. The maximum atomic E-state index is 12.2. The molecule has 148 valence electrons. The smallest absolute Gasteiger partial charge is 0.213 e. The molecule has 2 aromatic rings. The largest absolute Gasteiger partial charge is 0.497 e. The summed E-state index contributed by atoms with van der Waals surface area (Å²) in [6.45, 7) is 3.44. The van der Waals surface area contributed by atoms with Crippen LogP contribution in [0.4, 0.5) is 0 Å². The van der Waals surface area contributed by atoms with Gasteiger partial charge in [0.1, 0.15) is 11.6 Å². The van der Waals surface area contributed by atoms with Crippen LogP contribution in [0.5, 0.6) is 5.75 Å². The molecule has 2 heterocycles. The Kier molecular flexibility index (Phi) is 6.33. The second-order valence-corrected chi connectivity index (χ2v) is 9.38. The van der Waals surface area contributed by atoms with Gasteiger partial charge in [-0.15, -0.1) is 0 Å². The standard InChI is InChI=1S/C18H26N4O3S2/c1-3-27(23,24)21-11-4-5-15(13-21)17-19-20-18(26)22(17)12-10-14-6-8-16(25-2)9-7-14/h6-9,15H,3-5,10-13H2,1-2H3,(H,20,26).